The van der Waals surface area contributed by atoms with Crippen LogP contribution in [-0.2, 0) is 6.61 Å². The molecular weight excluding hydrogens is 186 g/mol. The lowest BCUT2D eigenvalue weighted by Crippen LogP contribution is -1.83. The van der Waals surface area contributed by atoms with Crippen LogP contribution < -0.4 is 0 Å². The van der Waals surface area contributed by atoms with Crippen LogP contribution in [0, 0.1) is 6.92 Å². The van der Waals surface area contributed by atoms with E-state index in [1.165, 1.54) is 0 Å². The van der Waals surface area contributed by atoms with E-state index in [2.05, 4.69) is 4.98 Å². The maximum Gasteiger partial charge on any atom is 0.0682 e. The summed E-state index contributed by atoms with van der Waals surface area (Å²) < 4.78 is 0. The standard InChI is InChI=1S/C10H10ClNO/c1-6-4-12-10-8(6)2-7(5-13)3-9(10)11/h2-4,12-13H,5H2,1H3. The largest absolute Gasteiger partial charge is 0.392 e. The number of aliphatic hydroxyl groups excluding tert-OH is 1. The number of fused-ring (bicyclic) bond motifs is 1. The van der Waals surface area contributed by atoms with Crippen molar-refractivity contribution in [3.63, 3.8) is 0 Å². The molecule has 0 aliphatic carbocycles. The van der Waals surface area contributed by atoms with Crippen molar-refractivity contribution in [1.82, 2.24) is 4.98 Å². The van der Waals surface area contributed by atoms with Gasteiger partial charge in [0.15, 0.2) is 0 Å². The fraction of sp³-hybridized carbons (Fsp3) is 0.200. The topological polar surface area (TPSA) is 36.0 Å². The van der Waals surface area contributed by atoms with Crippen molar-refractivity contribution in [2.24, 2.45) is 0 Å². The van der Waals surface area contributed by atoms with Gasteiger partial charge >= 0.3 is 0 Å². The molecular formula is C10H10ClNO. The maximum atomic E-state index is 8.98. The van der Waals surface area contributed by atoms with Gasteiger partial charge in [-0.2, -0.15) is 0 Å². The summed E-state index contributed by atoms with van der Waals surface area (Å²) in [7, 11) is 0. The first kappa shape index (κ1) is 8.60. The number of hydrogen-bond acceptors (Lipinski definition) is 1. The van der Waals surface area contributed by atoms with E-state index < -0.39 is 0 Å². The van der Waals surface area contributed by atoms with E-state index in [4.69, 9.17) is 16.7 Å². The zero-order valence-corrected chi connectivity index (χ0v) is 8.02. The quantitative estimate of drug-likeness (QED) is 0.721. The maximum absolute atomic E-state index is 8.98. The number of rotatable bonds is 1. The van der Waals surface area contributed by atoms with Crippen LogP contribution in [-0.4, -0.2) is 10.1 Å². The summed E-state index contributed by atoms with van der Waals surface area (Å²) in [6.07, 6.45) is 1.91. The fourth-order valence-electron chi connectivity index (χ4n) is 1.47. The van der Waals surface area contributed by atoms with Crippen LogP contribution in [0.15, 0.2) is 18.3 Å². The number of aliphatic hydroxyl groups is 1. The van der Waals surface area contributed by atoms with Gasteiger partial charge in [-0.1, -0.05) is 11.6 Å². The van der Waals surface area contributed by atoms with Gasteiger partial charge in [-0.05, 0) is 30.2 Å². The van der Waals surface area contributed by atoms with Crippen LogP contribution in [0.2, 0.25) is 5.02 Å². The average molecular weight is 196 g/mol. The molecule has 0 amide bonds. The molecule has 1 aromatic heterocycles. The molecule has 2 nitrogen and oxygen atoms in total. The molecule has 2 aromatic rings. The Morgan fingerprint density at radius 3 is 2.92 bits per heavy atom. The third-order valence-electron chi connectivity index (χ3n) is 2.19. The van der Waals surface area contributed by atoms with Crippen molar-refractivity contribution in [3.8, 4) is 0 Å². The first-order valence-electron chi connectivity index (χ1n) is 4.09. The Morgan fingerprint density at radius 1 is 1.46 bits per heavy atom. The Hall–Kier alpha value is -0.990. The fourth-order valence-corrected chi connectivity index (χ4v) is 1.77. The van der Waals surface area contributed by atoms with E-state index in [0.29, 0.717) is 5.02 Å². The first-order valence-corrected chi connectivity index (χ1v) is 4.47. The second-order valence-electron chi connectivity index (χ2n) is 3.13. The zero-order valence-electron chi connectivity index (χ0n) is 7.26. The molecule has 0 saturated heterocycles. The summed E-state index contributed by atoms with van der Waals surface area (Å²) in [6, 6.07) is 3.73. The average Bonchev–Trinajstić information content (AvgIpc) is 2.48. The summed E-state index contributed by atoms with van der Waals surface area (Å²) >= 11 is 6.01. The van der Waals surface area contributed by atoms with Gasteiger partial charge in [0.2, 0.25) is 0 Å². The molecule has 68 valence electrons. The smallest absolute Gasteiger partial charge is 0.0682 e. The van der Waals surface area contributed by atoms with Crippen LogP contribution in [0.5, 0.6) is 0 Å². The minimum atomic E-state index is 0.0281. The highest BCUT2D eigenvalue weighted by molar-refractivity contribution is 6.35. The van der Waals surface area contributed by atoms with E-state index in [0.717, 1.165) is 22.0 Å². The highest BCUT2D eigenvalue weighted by Crippen LogP contribution is 2.26. The van der Waals surface area contributed by atoms with Gasteiger partial charge in [0.25, 0.3) is 0 Å². The molecule has 0 spiro atoms. The van der Waals surface area contributed by atoms with Crippen molar-refractivity contribution < 1.29 is 5.11 Å². The number of halogens is 1. The number of nitrogens with one attached hydrogen (secondary N) is 1. The van der Waals surface area contributed by atoms with Gasteiger partial charge < -0.3 is 10.1 Å². The van der Waals surface area contributed by atoms with E-state index in [9.17, 15) is 0 Å². The van der Waals surface area contributed by atoms with Crippen molar-refractivity contribution in [2.75, 3.05) is 0 Å². The third kappa shape index (κ3) is 1.32. The molecule has 0 unspecified atom stereocenters. The van der Waals surface area contributed by atoms with Crippen molar-refractivity contribution in [1.29, 1.82) is 0 Å². The zero-order chi connectivity index (χ0) is 9.42. The number of aromatic amines is 1. The van der Waals surface area contributed by atoms with E-state index >= 15 is 0 Å². The molecule has 0 aliphatic rings. The number of hydrogen-bond donors (Lipinski definition) is 2. The third-order valence-corrected chi connectivity index (χ3v) is 2.49. The second-order valence-corrected chi connectivity index (χ2v) is 3.54. The molecule has 0 bridgehead atoms. The van der Waals surface area contributed by atoms with Gasteiger partial charge in [-0.25, -0.2) is 0 Å². The molecule has 2 rings (SSSR count). The van der Waals surface area contributed by atoms with E-state index in [1.54, 1.807) is 6.07 Å². The summed E-state index contributed by atoms with van der Waals surface area (Å²) in [5.74, 6) is 0. The number of aromatic nitrogens is 1. The Kier molecular flexibility index (Phi) is 2.02. The normalized spacial score (nSPS) is 11.0. The highest BCUT2D eigenvalue weighted by Gasteiger charge is 2.05. The van der Waals surface area contributed by atoms with Crippen molar-refractivity contribution in [3.05, 3.63) is 34.5 Å². The molecule has 13 heavy (non-hydrogen) atoms. The molecule has 0 saturated carbocycles. The Bertz CT molecular complexity index is 447. The predicted octanol–water partition coefficient (Wildman–Crippen LogP) is 2.62. The monoisotopic (exact) mass is 195 g/mol. The van der Waals surface area contributed by atoms with Crippen LogP contribution in [0.25, 0.3) is 10.9 Å². The SMILES string of the molecule is Cc1c[nH]c2c(Cl)cc(CO)cc12. The lowest BCUT2D eigenvalue weighted by molar-refractivity contribution is 0.282. The van der Waals surface area contributed by atoms with Crippen molar-refractivity contribution >= 4 is 22.5 Å². The lowest BCUT2D eigenvalue weighted by Gasteiger charge is -1.99. The number of benzene rings is 1. The van der Waals surface area contributed by atoms with E-state index in [-0.39, 0.29) is 6.61 Å². The molecule has 3 heteroatoms. The highest BCUT2D eigenvalue weighted by atomic mass is 35.5. The molecule has 0 fully saturated rings. The van der Waals surface area contributed by atoms with Gasteiger partial charge in [-0.15, -0.1) is 0 Å². The molecule has 0 radical (unpaired) electrons. The summed E-state index contributed by atoms with van der Waals surface area (Å²) in [5.41, 5.74) is 2.93. The molecule has 1 heterocycles. The summed E-state index contributed by atoms with van der Waals surface area (Å²) in [4.78, 5) is 3.09. The minimum absolute atomic E-state index is 0.0281. The molecule has 1 aromatic carbocycles. The number of aryl methyl sites for hydroxylation is 1. The van der Waals surface area contributed by atoms with Crippen LogP contribution >= 0.6 is 11.6 Å². The first-order chi connectivity index (χ1) is 6.22. The van der Waals surface area contributed by atoms with Gasteiger partial charge in [0, 0.05) is 11.6 Å². The van der Waals surface area contributed by atoms with Crippen molar-refractivity contribution in [2.45, 2.75) is 13.5 Å². The molecule has 0 aliphatic heterocycles. The minimum Gasteiger partial charge on any atom is -0.392 e. The van der Waals surface area contributed by atoms with Gasteiger partial charge in [0.05, 0.1) is 17.1 Å². The Morgan fingerprint density at radius 2 is 2.23 bits per heavy atom. The predicted molar refractivity (Wildman–Crippen MR) is 54.0 cm³/mol. The Labute approximate surface area is 81.1 Å². The van der Waals surface area contributed by atoms with E-state index in [1.807, 2.05) is 19.2 Å². The molecule has 2 N–H and O–H groups in total. The van der Waals surface area contributed by atoms with Gasteiger partial charge in [-0.3, -0.25) is 0 Å². The lowest BCUT2D eigenvalue weighted by atomic mass is 10.1. The van der Waals surface area contributed by atoms with Crippen LogP contribution in [0.4, 0.5) is 0 Å². The second kappa shape index (κ2) is 3.05. The van der Waals surface area contributed by atoms with Crippen LogP contribution in [0.3, 0.4) is 0 Å². The number of H-pyrrole nitrogens is 1. The molecule has 0 atom stereocenters. The summed E-state index contributed by atoms with van der Waals surface area (Å²) in [6.45, 7) is 2.04. The van der Waals surface area contributed by atoms with Crippen LogP contribution in [0.1, 0.15) is 11.1 Å². The van der Waals surface area contributed by atoms with Gasteiger partial charge in [0.1, 0.15) is 0 Å². The summed E-state index contributed by atoms with van der Waals surface area (Å²) in [5, 5.41) is 10.7. The Balaban J connectivity index is 2.80.